The third kappa shape index (κ3) is 1.94. The number of nitrogens with two attached hydrogens (primary N) is 1. The lowest BCUT2D eigenvalue weighted by Crippen LogP contribution is -2.47. The maximum atomic E-state index is 5.53. The van der Waals surface area contributed by atoms with Crippen LogP contribution in [-0.4, -0.2) is 30.6 Å². The van der Waals surface area contributed by atoms with E-state index in [0.717, 1.165) is 31.6 Å². The van der Waals surface area contributed by atoms with Crippen molar-refractivity contribution in [3.05, 3.63) is 0 Å². The predicted molar refractivity (Wildman–Crippen MR) is 48.5 cm³/mol. The van der Waals surface area contributed by atoms with Crippen molar-refractivity contribution in [1.82, 2.24) is 4.90 Å². The van der Waals surface area contributed by atoms with Gasteiger partial charge in [-0.2, -0.15) is 0 Å². The number of hydrogen-bond donors (Lipinski definition) is 1. The van der Waals surface area contributed by atoms with Crippen LogP contribution in [0.1, 0.15) is 26.7 Å². The van der Waals surface area contributed by atoms with E-state index in [9.17, 15) is 0 Å². The second kappa shape index (κ2) is 4.07. The summed E-state index contributed by atoms with van der Waals surface area (Å²) in [7, 11) is 0. The van der Waals surface area contributed by atoms with E-state index in [-0.39, 0.29) is 0 Å². The number of likely N-dealkylation sites (N-methyl/N-ethyl adjacent to an activating group) is 1. The molecule has 0 bridgehead atoms. The zero-order valence-corrected chi connectivity index (χ0v) is 7.71. The van der Waals surface area contributed by atoms with Gasteiger partial charge < -0.3 is 5.73 Å². The van der Waals surface area contributed by atoms with Crippen molar-refractivity contribution in [2.24, 2.45) is 11.7 Å². The molecule has 0 heterocycles. The van der Waals surface area contributed by atoms with Crippen LogP contribution in [0.4, 0.5) is 0 Å². The topological polar surface area (TPSA) is 29.3 Å². The van der Waals surface area contributed by atoms with E-state index in [1.165, 1.54) is 12.8 Å². The Bertz CT molecular complexity index is 114. The molecule has 1 aliphatic rings. The lowest BCUT2D eigenvalue weighted by Gasteiger charge is -2.42. The highest BCUT2D eigenvalue weighted by molar-refractivity contribution is 4.85. The van der Waals surface area contributed by atoms with Crippen LogP contribution in [0.15, 0.2) is 0 Å². The molecule has 1 rings (SSSR count). The Morgan fingerprint density at radius 1 is 1.45 bits per heavy atom. The minimum Gasteiger partial charge on any atom is -0.329 e. The van der Waals surface area contributed by atoms with Gasteiger partial charge in [-0.15, -0.1) is 0 Å². The van der Waals surface area contributed by atoms with Crippen molar-refractivity contribution in [1.29, 1.82) is 0 Å². The fourth-order valence-electron chi connectivity index (χ4n) is 1.92. The zero-order chi connectivity index (χ0) is 8.27. The zero-order valence-electron chi connectivity index (χ0n) is 7.71. The van der Waals surface area contributed by atoms with Crippen molar-refractivity contribution in [2.45, 2.75) is 32.7 Å². The molecular weight excluding hydrogens is 136 g/mol. The molecule has 0 spiro atoms. The molecule has 0 radical (unpaired) electrons. The Labute approximate surface area is 69.8 Å². The molecule has 2 heteroatoms. The van der Waals surface area contributed by atoms with Gasteiger partial charge in [-0.25, -0.2) is 0 Å². The molecule has 0 aromatic carbocycles. The summed E-state index contributed by atoms with van der Waals surface area (Å²) in [5, 5.41) is 0. The molecule has 0 amide bonds. The molecule has 1 fully saturated rings. The molecule has 2 nitrogen and oxygen atoms in total. The first-order valence-electron chi connectivity index (χ1n) is 4.73. The van der Waals surface area contributed by atoms with E-state index in [1.807, 2.05) is 0 Å². The molecule has 0 aromatic heterocycles. The van der Waals surface area contributed by atoms with Crippen molar-refractivity contribution in [3.8, 4) is 0 Å². The Balaban J connectivity index is 2.29. The van der Waals surface area contributed by atoms with E-state index in [0.29, 0.717) is 0 Å². The third-order valence-electron chi connectivity index (χ3n) is 2.87. The highest BCUT2D eigenvalue weighted by Crippen LogP contribution is 2.30. The van der Waals surface area contributed by atoms with Gasteiger partial charge in [0.05, 0.1) is 0 Å². The van der Waals surface area contributed by atoms with Crippen LogP contribution in [0.2, 0.25) is 0 Å². The quantitative estimate of drug-likeness (QED) is 0.659. The summed E-state index contributed by atoms with van der Waals surface area (Å²) in [4.78, 5) is 2.51. The SMILES string of the molecule is CCN(CCN)C1CCC1C. The fraction of sp³-hybridized carbons (Fsp3) is 1.00. The summed E-state index contributed by atoms with van der Waals surface area (Å²) in [6, 6.07) is 0.837. The van der Waals surface area contributed by atoms with Crippen molar-refractivity contribution in [3.63, 3.8) is 0 Å². The smallest absolute Gasteiger partial charge is 0.0121 e. The number of rotatable bonds is 4. The highest BCUT2D eigenvalue weighted by atomic mass is 15.2. The molecule has 1 aliphatic carbocycles. The Morgan fingerprint density at radius 2 is 2.18 bits per heavy atom. The molecule has 0 saturated heterocycles. The number of nitrogens with zero attached hydrogens (tertiary/aromatic N) is 1. The van der Waals surface area contributed by atoms with Gasteiger partial charge in [0.25, 0.3) is 0 Å². The van der Waals surface area contributed by atoms with Gasteiger partial charge in [-0.1, -0.05) is 13.8 Å². The first kappa shape index (κ1) is 9.01. The van der Waals surface area contributed by atoms with Gasteiger partial charge in [0.15, 0.2) is 0 Å². The minimum atomic E-state index is 0.803. The van der Waals surface area contributed by atoms with Crippen LogP contribution in [0, 0.1) is 5.92 Å². The van der Waals surface area contributed by atoms with Crippen molar-refractivity contribution in [2.75, 3.05) is 19.6 Å². The van der Waals surface area contributed by atoms with E-state index < -0.39 is 0 Å². The van der Waals surface area contributed by atoms with E-state index in [4.69, 9.17) is 5.73 Å². The van der Waals surface area contributed by atoms with Gasteiger partial charge in [-0.3, -0.25) is 4.90 Å². The third-order valence-corrected chi connectivity index (χ3v) is 2.87. The molecule has 0 aliphatic heterocycles. The molecule has 11 heavy (non-hydrogen) atoms. The summed E-state index contributed by atoms with van der Waals surface area (Å²) >= 11 is 0. The van der Waals surface area contributed by atoms with E-state index >= 15 is 0 Å². The maximum absolute atomic E-state index is 5.53. The minimum absolute atomic E-state index is 0.803. The first-order chi connectivity index (χ1) is 5.29. The lowest BCUT2D eigenvalue weighted by atomic mass is 9.80. The fourth-order valence-corrected chi connectivity index (χ4v) is 1.92. The Kier molecular flexibility index (Phi) is 3.34. The molecule has 1 saturated carbocycles. The summed E-state index contributed by atoms with van der Waals surface area (Å²) < 4.78 is 0. The summed E-state index contributed by atoms with van der Waals surface area (Å²) in [5.74, 6) is 0.904. The molecule has 66 valence electrons. The lowest BCUT2D eigenvalue weighted by molar-refractivity contribution is 0.0797. The molecule has 2 unspecified atom stereocenters. The molecule has 2 N–H and O–H groups in total. The van der Waals surface area contributed by atoms with Crippen LogP contribution in [0.3, 0.4) is 0 Å². The van der Waals surface area contributed by atoms with Crippen molar-refractivity contribution < 1.29 is 0 Å². The van der Waals surface area contributed by atoms with Crippen LogP contribution in [-0.2, 0) is 0 Å². The van der Waals surface area contributed by atoms with Crippen molar-refractivity contribution >= 4 is 0 Å². The van der Waals surface area contributed by atoms with Crippen LogP contribution in [0.25, 0.3) is 0 Å². The van der Waals surface area contributed by atoms with Gasteiger partial charge >= 0.3 is 0 Å². The highest BCUT2D eigenvalue weighted by Gasteiger charge is 2.30. The first-order valence-corrected chi connectivity index (χ1v) is 4.73. The standard InChI is InChI=1S/C9H20N2/c1-3-11(7-6-10)9-5-4-8(9)2/h8-9H,3-7,10H2,1-2H3. The molecule has 0 aromatic rings. The van der Waals surface area contributed by atoms with Crippen LogP contribution < -0.4 is 5.73 Å². The van der Waals surface area contributed by atoms with Crippen LogP contribution in [0.5, 0.6) is 0 Å². The van der Waals surface area contributed by atoms with E-state index in [1.54, 1.807) is 0 Å². The van der Waals surface area contributed by atoms with Gasteiger partial charge in [0.1, 0.15) is 0 Å². The largest absolute Gasteiger partial charge is 0.329 e. The second-order valence-corrected chi connectivity index (χ2v) is 3.54. The monoisotopic (exact) mass is 156 g/mol. The normalized spacial score (nSPS) is 30.5. The van der Waals surface area contributed by atoms with Crippen LogP contribution >= 0.6 is 0 Å². The summed E-state index contributed by atoms with van der Waals surface area (Å²) in [5.41, 5.74) is 5.53. The van der Waals surface area contributed by atoms with Gasteiger partial charge in [0.2, 0.25) is 0 Å². The average molecular weight is 156 g/mol. The molecule has 2 atom stereocenters. The average Bonchev–Trinajstić information content (AvgIpc) is 2.01. The van der Waals surface area contributed by atoms with Gasteiger partial charge in [-0.05, 0) is 25.3 Å². The maximum Gasteiger partial charge on any atom is 0.0121 e. The summed E-state index contributed by atoms with van der Waals surface area (Å²) in [6.07, 6.45) is 2.79. The Hall–Kier alpha value is -0.0800. The summed E-state index contributed by atoms with van der Waals surface area (Å²) in [6.45, 7) is 7.60. The molecular formula is C9H20N2. The second-order valence-electron chi connectivity index (χ2n) is 3.54. The predicted octanol–water partition coefficient (Wildman–Crippen LogP) is 1.07. The number of hydrogen-bond acceptors (Lipinski definition) is 2. The van der Waals surface area contributed by atoms with E-state index in [2.05, 4.69) is 18.7 Å². The Morgan fingerprint density at radius 3 is 2.45 bits per heavy atom. The van der Waals surface area contributed by atoms with Gasteiger partial charge in [0, 0.05) is 19.1 Å².